The summed E-state index contributed by atoms with van der Waals surface area (Å²) >= 11 is 3.37. The average molecular weight is 420 g/mol. The summed E-state index contributed by atoms with van der Waals surface area (Å²) in [7, 11) is 0. The third kappa shape index (κ3) is 4.05. The molecule has 4 aliphatic carbocycles. The smallest absolute Gasteiger partial charge is 0.315 e. The molecule has 5 rings (SSSR count). The first-order valence-corrected chi connectivity index (χ1v) is 10.4. The molecule has 0 heterocycles. The molecule has 0 aliphatic heterocycles. The molecule has 6 heteroatoms. The van der Waals surface area contributed by atoms with Gasteiger partial charge in [0.05, 0.1) is 0 Å². The Morgan fingerprint density at radius 3 is 2.15 bits per heavy atom. The fourth-order valence-electron chi connectivity index (χ4n) is 5.60. The van der Waals surface area contributed by atoms with Crippen LogP contribution in [0.4, 0.5) is 10.5 Å². The maximum absolute atomic E-state index is 12.3. The fraction of sp³-hybridized carbons (Fsp3) is 0.600. The largest absolute Gasteiger partial charge is 0.338 e. The topological polar surface area (TPSA) is 70.2 Å². The molecule has 5 nitrogen and oxygen atoms in total. The number of carbonyl (C=O) groups excluding carboxylic acids is 2. The molecule has 0 atom stereocenters. The lowest BCUT2D eigenvalue weighted by molar-refractivity contribution is -0.116. The molecule has 3 N–H and O–H groups in total. The van der Waals surface area contributed by atoms with Crippen LogP contribution in [0.25, 0.3) is 0 Å². The van der Waals surface area contributed by atoms with Crippen molar-refractivity contribution in [3.63, 3.8) is 0 Å². The maximum Gasteiger partial charge on any atom is 0.315 e. The monoisotopic (exact) mass is 419 g/mol. The Hall–Kier alpha value is -1.56. The molecule has 1 aromatic carbocycles. The van der Waals surface area contributed by atoms with Crippen LogP contribution >= 0.6 is 15.9 Å². The Kier molecular flexibility index (Phi) is 4.95. The first-order valence-electron chi connectivity index (χ1n) is 9.61. The zero-order chi connectivity index (χ0) is 18.1. The van der Waals surface area contributed by atoms with Gasteiger partial charge in [-0.2, -0.15) is 0 Å². The summed E-state index contributed by atoms with van der Waals surface area (Å²) in [6.45, 7) is 0.348. The van der Waals surface area contributed by atoms with Crippen molar-refractivity contribution in [2.45, 2.75) is 50.5 Å². The van der Waals surface area contributed by atoms with Gasteiger partial charge in [-0.25, -0.2) is 4.79 Å². The Balaban J connectivity index is 1.21. The van der Waals surface area contributed by atoms with Crippen LogP contribution in [0.15, 0.2) is 28.7 Å². The van der Waals surface area contributed by atoms with Crippen molar-refractivity contribution < 1.29 is 9.59 Å². The highest BCUT2D eigenvalue weighted by Gasteiger charge is 2.51. The van der Waals surface area contributed by atoms with Crippen LogP contribution in [-0.2, 0) is 4.79 Å². The number of urea groups is 1. The molecule has 4 fully saturated rings. The minimum atomic E-state index is -0.122. The van der Waals surface area contributed by atoms with Crippen molar-refractivity contribution in [3.05, 3.63) is 28.7 Å². The molecule has 4 saturated carbocycles. The number of carbonyl (C=O) groups is 2. The van der Waals surface area contributed by atoms with E-state index in [1.165, 1.54) is 19.3 Å². The molecular weight excluding hydrogens is 394 g/mol. The Morgan fingerprint density at radius 1 is 1.00 bits per heavy atom. The van der Waals surface area contributed by atoms with Gasteiger partial charge in [0.25, 0.3) is 0 Å². The van der Waals surface area contributed by atoms with Gasteiger partial charge in [-0.05, 0) is 80.5 Å². The summed E-state index contributed by atoms with van der Waals surface area (Å²) < 4.78 is 0.971. The molecule has 3 amide bonds. The Labute approximate surface area is 162 Å². The normalized spacial score (nSPS) is 31.5. The second-order valence-electron chi connectivity index (χ2n) is 8.38. The molecular formula is C20H26BrN3O2. The number of hydrogen-bond donors (Lipinski definition) is 3. The zero-order valence-electron chi connectivity index (χ0n) is 14.9. The van der Waals surface area contributed by atoms with E-state index >= 15 is 0 Å². The second kappa shape index (κ2) is 7.22. The van der Waals surface area contributed by atoms with E-state index in [0.29, 0.717) is 6.54 Å². The van der Waals surface area contributed by atoms with Crippen LogP contribution in [0.5, 0.6) is 0 Å². The van der Waals surface area contributed by atoms with Crippen molar-refractivity contribution in [3.8, 4) is 0 Å². The molecule has 4 aliphatic rings. The van der Waals surface area contributed by atoms with E-state index in [2.05, 4.69) is 31.9 Å². The first kappa shape index (κ1) is 17.8. The molecule has 26 heavy (non-hydrogen) atoms. The van der Waals surface area contributed by atoms with E-state index in [-0.39, 0.29) is 23.9 Å². The van der Waals surface area contributed by atoms with Gasteiger partial charge in [-0.3, -0.25) is 4.79 Å². The lowest BCUT2D eigenvalue weighted by Gasteiger charge is -2.56. The van der Waals surface area contributed by atoms with Crippen LogP contribution in [0, 0.1) is 17.8 Å². The molecule has 140 valence electrons. The van der Waals surface area contributed by atoms with Crippen LogP contribution in [0.2, 0.25) is 0 Å². The molecule has 0 radical (unpaired) electrons. The highest BCUT2D eigenvalue weighted by atomic mass is 79.9. The van der Waals surface area contributed by atoms with Crippen LogP contribution in [-0.4, -0.2) is 24.0 Å². The quantitative estimate of drug-likeness (QED) is 0.673. The van der Waals surface area contributed by atoms with E-state index in [9.17, 15) is 9.59 Å². The van der Waals surface area contributed by atoms with E-state index in [4.69, 9.17) is 0 Å². The third-order valence-electron chi connectivity index (χ3n) is 6.18. The molecule has 1 aromatic rings. The first-order chi connectivity index (χ1) is 12.5. The van der Waals surface area contributed by atoms with Crippen molar-refractivity contribution in [1.82, 2.24) is 10.6 Å². The van der Waals surface area contributed by atoms with E-state index in [0.717, 1.165) is 47.2 Å². The van der Waals surface area contributed by atoms with Crippen LogP contribution in [0.3, 0.4) is 0 Å². The number of amides is 3. The van der Waals surface area contributed by atoms with Crippen molar-refractivity contribution in [2.24, 2.45) is 17.8 Å². The van der Waals surface area contributed by atoms with Gasteiger partial charge in [0, 0.05) is 28.7 Å². The number of rotatable bonds is 5. The lowest BCUT2D eigenvalue weighted by atomic mass is 9.53. The molecule has 0 unspecified atom stereocenters. The van der Waals surface area contributed by atoms with Crippen LogP contribution < -0.4 is 16.0 Å². The Morgan fingerprint density at radius 2 is 1.58 bits per heavy atom. The average Bonchev–Trinajstić information content (AvgIpc) is 2.55. The van der Waals surface area contributed by atoms with Crippen molar-refractivity contribution in [2.75, 3.05) is 11.9 Å². The van der Waals surface area contributed by atoms with Gasteiger partial charge in [-0.1, -0.05) is 15.9 Å². The zero-order valence-corrected chi connectivity index (χ0v) is 16.5. The number of anilines is 1. The molecule has 4 bridgehead atoms. The number of hydrogen-bond acceptors (Lipinski definition) is 2. The highest BCUT2D eigenvalue weighted by molar-refractivity contribution is 9.10. The maximum atomic E-state index is 12.3. The van der Waals surface area contributed by atoms with E-state index in [1.807, 2.05) is 24.3 Å². The van der Waals surface area contributed by atoms with E-state index in [1.54, 1.807) is 0 Å². The number of nitrogens with one attached hydrogen (secondary N) is 3. The predicted octanol–water partition coefficient (Wildman–Crippen LogP) is 4.05. The lowest BCUT2D eigenvalue weighted by Crippen LogP contribution is -2.61. The number of benzene rings is 1. The van der Waals surface area contributed by atoms with Gasteiger partial charge in [0.2, 0.25) is 5.91 Å². The Bertz CT molecular complexity index is 654. The summed E-state index contributed by atoms with van der Waals surface area (Å²) in [5, 5.41) is 8.97. The minimum Gasteiger partial charge on any atom is -0.338 e. The summed E-state index contributed by atoms with van der Waals surface area (Å²) in [6.07, 6.45) is 7.75. The summed E-state index contributed by atoms with van der Waals surface area (Å²) in [6, 6.07) is 7.33. The number of halogens is 1. The fourth-order valence-corrected chi connectivity index (χ4v) is 5.86. The van der Waals surface area contributed by atoms with Gasteiger partial charge in [-0.15, -0.1) is 0 Å². The summed E-state index contributed by atoms with van der Waals surface area (Å²) in [5.74, 6) is 2.32. The van der Waals surface area contributed by atoms with Gasteiger partial charge >= 0.3 is 6.03 Å². The SMILES string of the molecule is O=C(CCNC(=O)NC12CC3CC(CC(C3)C1)C2)Nc1ccc(Br)cc1. The molecule has 0 spiro atoms. The second-order valence-corrected chi connectivity index (χ2v) is 9.30. The summed E-state index contributed by atoms with van der Waals surface area (Å²) in [4.78, 5) is 24.3. The minimum absolute atomic E-state index is 0.0124. The third-order valence-corrected chi connectivity index (χ3v) is 6.71. The van der Waals surface area contributed by atoms with Gasteiger partial charge in [0.1, 0.15) is 0 Å². The predicted molar refractivity (Wildman–Crippen MR) is 105 cm³/mol. The van der Waals surface area contributed by atoms with Gasteiger partial charge < -0.3 is 16.0 Å². The molecule has 0 saturated heterocycles. The summed E-state index contributed by atoms with van der Waals surface area (Å²) in [5.41, 5.74) is 0.773. The molecule has 0 aromatic heterocycles. The van der Waals surface area contributed by atoms with Crippen LogP contribution in [0.1, 0.15) is 44.9 Å². The highest BCUT2D eigenvalue weighted by Crippen LogP contribution is 2.55. The standard InChI is InChI=1S/C20H26BrN3O2/c21-16-1-3-17(4-2-16)23-18(25)5-6-22-19(26)24-20-10-13-7-14(11-20)9-15(8-13)12-20/h1-4,13-15H,5-12H2,(H,23,25)(H2,22,24,26). The van der Waals surface area contributed by atoms with Crippen molar-refractivity contribution in [1.29, 1.82) is 0 Å². The van der Waals surface area contributed by atoms with Crippen molar-refractivity contribution >= 4 is 33.6 Å². The van der Waals surface area contributed by atoms with E-state index < -0.39 is 0 Å². The van der Waals surface area contributed by atoms with Gasteiger partial charge in [0.15, 0.2) is 0 Å².